The van der Waals surface area contributed by atoms with Crippen molar-refractivity contribution in [2.75, 3.05) is 13.1 Å². The molecule has 1 rings (SSSR count). The fourth-order valence-electron chi connectivity index (χ4n) is 2.23. The largest absolute Gasteiger partial charge is 0.389 e. The third kappa shape index (κ3) is 4.54. The fraction of sp³-hybridized carbons (Fsp3) is 0.833. The molecule has 0 aromatic rings. The van der Waals surface area contributed by atoms with Gasteiger partial charge >= 0.3 is 0 Å². The number of hydrogen-bond donors (Lipinski definition) is 2. The summed E-state index contributed by atoms with van der Waals surface area (Å²) >= 11 is 5.65. The summed E-state index contributed by atoms with van der Waals surface area (Å²) in [4.78, 5) is 0. The Hall–Kier alpha value is -0.0500. The molecule has 1 saturated carbocycles. The van der Waals surface area contributed by atoms with Crippen molar-refractivity contribution in [1.82, 2.24) is 5.32 Å². The summed E-state index contributed by atoms with van der Waals surface area (Å²) in [7, 11) is 0. The lowest BCUT2D eigenvalue weighted by molar-refractivity contribution is -0.00787. The molecule has 3 heteroatoms. The molecule has 88 valence electrons. The van der Waals surface area contributed by atoms with Gasteiger partial charge in [0, 0.05) is 18.1 Å². The van der Waals surface area contributed by atoms with Gasteiger partial charge in [-0.25, -0.2) is 0 Å². The van der Waals surface area contributed by atoms with Gasteiger partial charge in [0.25, 0.3) is 0 Å². The predicted octanol–water partition coefficient (Wildman–Crippen LogP) is 2.66. The lowest BCUT2D eigenvalue weighted by Crippen LogP contribution is -2.43. The van der Waals surface area contributed by atoms with Crippen molar-refractivity contribution in [3.63, 3.8) is 0 Å². The Morgan fingerprint density at radius 1 is 1.53 bits per heavy atom. The van der Waals surface area contributed by atoms with E-state index >= 15 is 0 Å². The SMILES string of the molecule is C=C(Cl)CNCC1(O)CCC(CC)CC1. The third-order valence-electron chi connectivity index (χ3n) is 3.38. The molecular formula is C12H22ClNO. The Labute approximate surface area is 97.7 Å². The monoisotopic (exact) mass is 231 g/mol. The zero-order valence-electron chi connectivity index (χ0n) is 9.56. The van der Waals surface area contributed by atoms with Crippen LogP contribution in [0, 0.1) is 5.92 Å². The smallest absolute Gasteiger partial charge is 0.0771 e. The predicted molar refractivity (Wildman–Crippen MR) is 65.1 cm³/mol. The molecule has 1 aliphatic rings. The van der Waals surface area contributed by atoms with Crippen LogP contribution in [0.25, 0.3) is 0 Å². The summed E-state index contributed by atoms with van der Waals surface area (Å²) < 4.78 is 0. The Morgan fingerprint density at radius 2 is 2.13 bits per heavy atom. The molecular weight excluding hydrogens is 210 g/mol. The molecule has 0 aliphatic heterocycles. The van der Waals surface area contributed by atoms with Crippen molar-refractivity contribution in [2.24, 2.45) is 5.92 Å². The molecule has 0 aromatic heterocycles. The van der Waals surface area contributed by atoms with Gasteiger partial charge in [0.05, 0.1) is 5.60 Å². The number of rotatable bonds is 5. The molecule has 0 saturated heterocycles. The first-order chi connectivity index (χ1) is 7.06. The molecule has 0 bridgehead atoms. The van der Waals surface area contributed by atoms with E-state index in [4.69, 9.17) is 11.6 Å². The maximum atomic E-state index is 10.3. The molecule has 0 amide bonds. The summed E-state index contributed by atoms with van der Waals surface area (Å²) in [5.41, 5.74) is -0.516. The molecule has 0 atom stereocenters. The van der Waals surface area contributed by atoms with Gasteiger partial charge in [0.1, 0.15) is 0 Å². The minimum atomic E-state index is -0.516. The van der Waals surface area contributed by atoms with E-state index in [0.29, 0.717) is 18.1 Å². The van der Waals surface area contributed by atoms with E-state index < -0.39 is 5.60 Å². The average molecular weight is 232 g/mol. The Morgan fingerprint density at radius 3 is 2.60 bits per heavy atom. The van der Waals surface area contributed by atoms with E-state index in [-0.39, 0.29) is 0 Å². The minimum Gasteiger partial charge on any atom is -0.389 e. The van der Waals surface area contributed by atoms with Gasteiger partial charge in [-0.15, -0.1) is 0 Å². The Kier molecular flexibility index (Phi) is 5.10. The number of halogens is 1. The van der Waals surface area contributed by atoms with Crippen molar-refractivity contribution >= 4 is 11.6 Å². The van der Waals surface area contributed by atoms with E-state index in [1.807, 2.05) is 0 Å². The van der Waals surface area contributed by atoms with E-state index in [1.165, 1.54) is 6.42 Å². The maximum absolute atomic E-state index is 10.3. The van der Waals surface area contributed by atoms with E-state index in [0.717, 1.165) is 31.6 Å². The van der Waals surface area contributed by atoms with Gasteiger partial charge in [-0.1, -0.05) is 31.5 Å². The second-order valence-corrected chi connectivity index (χ2v) is 5.23. The normalized spacial score (nSPS) is 31.5. The molecule has 15 heavy (non-hydrogen) atoms. The zero-order chi connectivity index (χ0) is 11.3. The first kappa shape index (κ1) is 13.0. The third-order valence-corrected chi connectivity index (χ3v) is 3.52. The topological polar surface area (TPSA) is 32.3 Å². The second kappa shape index (κ2) is 5.88. The standard InChI is InChI=1S/C12H22ClNO/c1-3-11-4-6-12(15,7-5-11)9-14-8-10(2)13/h11,14-15H,2-9H2,1H3. The molecule has 0 radical (unpaired) electrons. The number of hydrogen-bond acceptors (Lipinski definition) is 2. The van der Waals surface area contributed by atoms with E-state index in [1.54, 1.807) is 0 Å². The second-order valence-electron chi connectivity index (χ2n) is 4.70. The van der Waals surface area contributed by atoms with Gasteiger partial charge in [0.15, 0.2) is 0 Å². The highest BCUT2D eigenvalue weighted by molar-refractivity contribution is 6.29. The molecule has 0 unspecified atom stereocenters. The van der Waals surface area contributed by atoms with Crippen LogP contribution in [-0.2, 0) is 0 Å². The van der Waals surface area contributed by atoms with E-state index in [9.17, 15) is 5.11 Å². The summed E-state index contributed by atoms with van der Waals surface area (Å²) in [6.45, 7) is 7.05. The van der Waals surface area contributed by atoms with Crippen LogP contribution in [0.5, 0.6) is 0 Å². The van der Waals surface area contributed by atoms with Crippen LogP contribution >= 0.6 is 11.6 Å². The van der Waals surface area contributed by atoms with Crippen LogP contribution < -0.4 is 5.32 Å². The first-order valence-corrected chi connectivity index (χ1v) is 6.20. The number of aliphatic hydroxyl groups is 1. The number of nitrogens with one attached hydrogen (secondary N) is 1. The van der Waals surface area contributed by atoms with Gasteiger partial charge in [-0.05, 0) is 31.6 Å². The van der Waals surface area contributed by atoms with Crippen LogP contribution in [0.1, 0.15) is 39.0 Å². The average Bonchev–Trinajstić information content (AvgIpc) is 2.18. The molecule has 2 nitrogen and oxygen atoms in total. The highest BCUT2D eigenvalue weighted by Crippen LogP contribution is 2.33. The molecule has 2 N–H and O–H groups in total. The fourth-order valence-corrected chi connectivity index (χ4v) is 2.33. The quantitative estimate of drug-likeness (QED) is 0.763. The van der Waals surface area contributed by atoms with Gasteiger partial charge in [-0.3, -0.25) is 0 Å². The van der Waals surface area contributed by atoms with Crippen LogP contribution in [0.2, 0.25) is 0 Å². The van der Waals surface area contributed by atoms with Crippen molar-refractivity contribution in [3.05, 3.63) is 11.6 Å². The zero-order valence-corrected chi connectivity index (χ0v) is 10.3. The van der Waals surface area contributed by atoms with Crippen LogP contribution in [0.4, 0.5) is 0 Å². The Bertz CT molecular complexity index is 210. The lowest BCUT2D eigenvalue weighted by Gasteiger charge is -2.36. The van der Waals surface area contributed by atoms with Gasteiger partial charge in [-0.2, -0.15) is 0 Å². The van der Waals surface area contributed by atoms with Crippen molar-refractivity contribution in [2.45, 2.75) is 44.6 Å². The Balaban J connectivity index is 2.25. The summed E-state index contributed by atoms with van der Waals surface area (Å²) in [5, 5.41) is 14.0. The van der Waals surface area contributed by atoms with Crippen LogP contribution in [0.15, 0.2) is 11.6 Å². The molecule has 1 fully saturated rings. The molecule has 1 aliphatic carbocycles. The van der Waals surface area contributed by atoms with E-state index in [2.05, 4.69) is 18.8 Å². The van der Waals surface area contributed by atoms with Crippen molar-refractivity contribution in [3.8, 4) is 0 Å². The van der Waals surface area contributed by atoms with Gasteiger partial charge in [0.2, 0.25) is 0 Å². The minimum absolute atomic E-state index is 0.516. The molecule has 0 heterocycles. The maximum Gasteiger partial charge on any atom is 0.0771 e. The van der Waals surface area contributed by atoms with Crippen LogP contribution in [-0.4, -0.2) is 23.8 Å². The highest BCUT2D eigenvalue weighted by Gasteiger charge is 2.31. The molecule has 0 aromatic carbocycles. The van der Waals surface area contributed by atoms with Crippen molar-refractivity contribution < 1.29 is 5.11 Å². The lowest BCUT2D eigenvalue weighted by atomic mass is 9.78. The summed E-state index contributed by atoms with van der Waals surface area (Å²) in [6.07, 6.45) is 5.36. The first-order valence-electron chi connectivity index (χ1n) is 5.82. The van der Waals surface area contributed by atoms with Gasteiger partial charge < -0.3 is 10.4 Å². The molecule has 0 spiro atoms. The summed E-state index contributed by atoms with van der Waals surface area (Å²) in [5.74, 6) is 0.813. The van der Waals surface area contributed by atoms with Crippen LogP contribution in [0.3, 0.4) is 0 Å². The van der Waals surface area contributed by atoms with Crippen molar-refractivity contribution in [1.29, 1.82) is 0 Å². The highest BCUT2D eigenvalue weighted by atomic mass is 35.5. The summed E-state index contributed by atoms with van der Waals surface area (Å²) in [6, 6.07) is 0.